The van der Waals surface area contributed by atoms with Gasteiger partial charge in [0.1, 0.15) is 11.6 Å². The van der Waals surface area contributed by atoms with E-state index >= 15 is 0 Å². The average Bonchev–Trinajstić information content (AvgIpc) is 2.32. The van der Waals surface area contributed by atoms with Gasteiger partial charge in [0.15, 0.2) is 0 Å². The normalized spacial score (nSPS) is 10.1. The maximum Gasteiger partial charge on any atom is 0.143 e. The summed E-state index contributed by atoms with van der Waals surface area (Å²) in [5.74, 6) is 6.71. The summed E-state index contributed by atoms with van der Waals surface area (Å²) in [6.07, 6.45) is 2.43. The van der Waals surface area contributed by atoms with Gasteiger partial charge in [-0.2, -0.15) is 0 Å². The summed E-state index contributed by atoms with van der Waals surface area (Å²) < 4.78 is 0. The third-order valence-corrected chi connectivity index (χ3v) is 2.46. The van der Waals surface area contributed by atoms with Crippen LogP contribution in [-0.4, -0.2) is 9.97 Å². The molecule has 4 heteroatoms. The van der Waals surface area contributed by atoms with Crippen molar-refractivity contribution in [3.8, 4) is 0 Å². The van der Waals surface area contributed by atoms with E-state index in [0.717, 1.165) is 12.2 Å². The second-order valence-electron chi connectivity index (χ2n) is 3.61. The molecule has 4 nitrogen and oxygen atoms in total. The van der Waals surface area contributed by atoms with Gasteiger partial charge in [0.2, 0.25) is 0 Å². The lowest BCUT2D eigenvalue weighted by Gasteiger charge is -2.05. The van der Waals surface area contributed by atoms with Crippen LogP contribution < -0.4 is 11.3 Å². The Morgan fingerprint density at radius 2 is 2.06 bits per heavy atom. The number of nitrogen functional groups attached to an aromatic ring is 1. The molecule has 0 saturated carbocycles. The number of benzene rings is 1. The highest BCUT2D eigenvalue weighted by molar-refractivity contribution is 5.33. The van der Waals surface area contributed by atoms with Crippen LogP contribution in [0.3, 0.4) is 0 Å². The Hall–Kier alpha value is -1.94. The summed E-state index contributed by atoms with van der Waals surface area (Å²) in [6, 6.07) is 9.95. The summed E-state index contributed by atoms with van der Waals surface area (Å²) >= 11 is 0. The maximum absolute atomic E-state index is 5.30. The quantitative estimate of drug-likeness (QED) is 0.602. The number of nitrogens with zero attached hydrogens (tertiary/aromatic N) is 2. The number of anilines is 1. The molecule has 0 spiro atoms. The molecule has 0 saturated heterocycles. The first-order valence-electron chi connectivity index (χ1n) is 5.12. The molecule has 3 N–H and O–H groups in total. The highest BCUT2D eigenvalue weighted by Gasteiger charge is 2.02. The summed E-state index contributed by atoms with van der Waals surface area (Å²) in [7, 11) is 0. The number of nitrogens with two attached hydrogens (primary N) is 1. The van der Waals surface area contributed by atoms with E-state index in [4.69, 9.17) is 5.84 Å². The molecule has 16 heavy (non-hydrogen) atoms. The van der Waals surface area contributed by atoms with Crippen LogP contribution in [0.4, 0.5) is 5.82 Å². The van der Waals surface area contributed by atoms with E-state index in [0.29, 0.717) is 5.82 Å². The molecule has 0 aliphatic carbocycles. The van der Waals surface area contributed by atoms with Crippen LogP contribution in [0.15, 0.2) is 36.5 Å². The van der Waals surface area contributed by atoms with E-state index < -0.39 is 0 Å². The largest absolute Gasteiger partial charge is 0.308 e. The monoisotopic (exact) mass is 214 g/mol. The highest BCUT2D eigenvalue weighted by Crippen LogP contribution is 2.11. The van der Waals surface area contributed by atoms with Crippen molar-refractivity contribution in [3.05, 3.63) is 53.5 Å². The van der Waals surface area contributed by atoms with E-state index in [-0.39, 0.29) is 0 Å². The van der Waals surface area contributed by atoms with Crippen molar-refractivity contribution in [1.29, 1.82) is 0 Å². The highest BCUT2D eigenvalue weighted by atomic mass is 15.3. The summed E-state index contributed by atoms with van der Waals surface area (Å²) in [4.78, 5) is 8.50. The minimum absolute atomic E-state index is 0.638. The number of rotatable bonds is 3. The fraction of sp³-hybridized carbons (Fsp3) is 0.167. The Morgan fingerprint density at radius 1 is 1.25 bits per heavy atom. The van der Waals surface area contributed by atoms with Gasteiger partial charge in [0.25, 0.3) is 0 Å². The number of aryl methyl sites for hydroxylation is 1. The van der Waals surface area contributed by atoms with Gasteiger partial charge in [0, 0.05) is 18.7 Å². The Kier molecular flexibility index (Phi) is 3.12. The van der Waals surface area contributed by atoms with E-state index in [1.165, 1.54) is 11.1 Å². The van der Waals surface area contributed by atoms with Gasteiger partial charge in [-0.3, -0.25) is 0 Å². The molecule has 0 bridgehead atoms. The van der Waals surface area contributed by atoms with Crippen molar-refractivity contribution in [3.63, 3.8) is 0 Å². The Labute approximate surface area is 94.5 Å². The van der Waals surface area contributed by atoms with Crippen LogP contribution in [0.2, 0.25) is 0 Å². The zero-order valence-corrected chi connectivity index (χ0v) is 9.14. The number of hydrazine groups is 1. The second kappa shape index (κ2) is 4.72. The molecule has 1 heterocycles. The lowest BCUT2D eigenvalue weighted by Crippen LogP contribution is -2.10. The van der Waals surface area contributed by atoms with Crippen molar-refractivity contribution in [1.82, 2.24) is 9.97 Å². The standard InChI is InChI=1S/C12H14N4/c1-9-4-2-3-5-10(9)8-12-14-7-6-11(15-12)16-13/h2-7H,8,13H2,1H3,(H,14,15,16). The van der Waals surface area contributed by atoms with Crippen LogP contribution in [0.5, 0.6) is 0 Å². The molecule has 0 unspecified atom stereocenters. The molecular weight excluding hydrogens is 200 g/mol. The van der Waals surface area contributed by atoms with Gasteiger partial charge >= 0.3 is 0 Å². The number of hydrogen-bond donors (Lipinski definition) is 2. The molecule has 0 atom stereocenters. The van der Waals surface area contributed by atoms with Gasteiger partial charge in [-0.05, 0) is 18.1 Å². The first kappa shape index (κ1) is 10.6. The third kappa shape index (κ3) is 2.35. The van der Waals surface area contributed by atoms with Crippen molar-refractivity contribution in [2.45, 2.75) is 13.3 Å². The fourth-order valence-electron chi connectivity index (χ4n) is 1.54. The van der Waals surface area contributed by atoms with Crippen molar-refractivity contribution in [2.24, 2.45) is 5.84 Å². The zero-order chi connectivity index (χ0) is 11.4. The number of hydrogen-bond acceptors (Lipinski definition) is 4. The molecule has 82 valence electrons. The number of aromatic nitrogens is 2. The molecule has 1 aromatic carbocycles. The molecule has 2 aromatic rings. The van der Waals surface area contributed by atoms with Crippen molar-refractivity contribution < 1.29 is 0 Å². The Bertz CT molecular complexity index is 482. The van der Waals surface area contributed by atoms with Crippen LogP contribution >= 0.6 is 0 Å². The fourth-order valence-corrected chi connectivity index (χ4v) is 1.54. The predicted molar refractivity (Wildman–Crippen MR) is 63.8 cm³/mol. The van der Waals surface area contributed by atoms with Crippen molar-refractivity contribution in [2.75, 3.05) is 5.43 Å². The molecule has 2 rings (SSSR count). The van der Waals surface area contributed by atoms with Crippen molar-refractivity contribution >= 4 is 5.82 Å². The van der Waals surface area contributed by atoms with E-state index in [1.54, 1.807) is 12.3 Å². The minimum Gasteiger partial charge on any atom is -0.308 e. The molecule has 0 radical (unpaired) electrons. The summed E-state index contributed by atoms with van der Waals surface area (Å²) in [6.45, 7) is 2.08. The third-order valence-electron chi connectivity index (χ3n) is 2.46. The molecule has 0 aliphatic rings. The maximum atomic E-state index is 5.30. The van der Waals surface area contributed by atoms with Gasteiger partial charge in [-0.1, -0.05) is 24.3 Å². The van der Waals surface area contributed by atoms with Gasteiger partial charge in [-0.25, -0.2) is 15.8 Å². The van der Waals surface area contributed by atoms with Crippen LogP contribution in [0, 0.1) is 6.92 Å². The molecular formula is C12H14N4. The first-order valence-corrected chi connectivity index (χ1v) is 5.12. The topological polar surface area (TPSA) is 63.8 Å². The van der Waals surface area contributed by atoms with Crippen LogP contribution in [0.25, 0.3) is 0 Å². The Balaban J connectivity index is 2.24. The van der Waals surface area contributed by atoms with Gasteiger partial charge in [-0.15, -0.1) is 0 Å². The predicted octanol–water partition coefficient (Wildman–Crippen LogP) is 1.66. The zero-order valence-electron chi connectivity index (χ0n) is 9.14. The molecule has 0 amide bonds. The lowest BCUT2D eigenvalue weighted by atomic mass is 10.1. The van der Waals surface area contributed by atoms with E-state index in [9.17, 15) is 0 Å². The van der Waals surface area contributed by atoms with Crippen LogP contribution in [-0.2, 0) is 6.42 Å². The summed E-state index contributed by atoms with van der Waals surface area (Å²) in [5, 5.41) is 0. The van der Waals surface area contributed by atoms with E-state index in [1.807, 2.05) is 12.1 Å². The summed E-state index contributed by atoms with van der Waals surface area (Å²) in [5.41, 5.74) is 5.00. The molecule has 0 fully saturated rings. The van der Waals surface area contributed by atoms with E-state index in [2.05, 4.69) is 34.5 Å². The minimum atomic E-state index is 0.638. The second-order valence-corrected chi connectivity index (χ2v) is 3.61. The average molecular weight is 214 g/mol. The first-order chi connectivity index (χ1) is 7.79. The SMILES string of the molecule is Cc1ccccc1Cc1nccc(NN)n1. The van der Waals surface area contributed by atoms with Gasteiger partial charge < -0.3 is 5.43 Å². The molecule has 0 aliphatic heterocycles. The smallest absolute Gasteiger partial charge is 0.143 e. The van der Waals surface area contributed by atoms with Gasteiger partial charge in [0.05, 0.1) is 0 Å². The molecule has 1 aromatic heterocycles. The lowest BCUT2D eigenvalue weighted by molar-refractivity contribution is 0.958. The number of nitrogens with one attached hydrogen (secondary N) is 1. The van der Waals surface area contributed by atoms with Crippen LogP contribution in [0.1, 0.15) is 17.0 Å². The Morgan fingerprint density at radius 3 is 2.81 bits per heavy atom.